The Hall–Kier alpha value is -0.810. The molecule has 0 aliphatic carbocycles. The van der Waals surface area contributed by atoms with Gasteiger partial charge in [-0.15, -0.1) is 12.4 Å². The zero-order valence-electron chi connectivity index (χ0n) is 9.71. The summed E-state index contributed by atoms with van der Waals surface area (Å²) in [5, 5.41) is 9.03. The van der Waals surface area contributed by atoms with E-state index in [0.29, 0.717) is 0 Å². The number of benzene rings is 1. The van der Waals surface area contributed by atoms with Crippen molar-refractivity contribution in [1.29, 1.82) is 0 Å². The predicted molar refractivity (Wildman–Crippen MR) is 70.7 cm³/mol. The minimum atomic E-state index is -0.291. The summed E-state index contributed by atoms with van der Waals surface area (Å²) >= 11 is 0. The Kier molecular flexibility index (Phi) is 5.71. The van der Waals surface area contributed by atoms with Crippen LogP contribution in [0.15, 0.2) is 24.3 Å². The Morgan fingerprint density at radius 2 is 2.06 bits per heavy atom. The van der Waals surface area contributed by atoms with Crippen LogP contribution in [-0.2, 0) is 4.74 Å². The van der Waals surface area contributed by atoms with Gasteiger partial charge in [0.05, 0.1) is 25.9 Å². The third-order valence-electron chi connectivity index (χ3n) is 2.87. The van der Waals surface area contributed by atoms with Crippen LogP contribution < -0.4 is 10.6 Å². The third-order valence-corrected chi connectivity index (χ3v) is 2.87. The van der Waals surface area contributed by atoms with Crippen molar-refractivity contribution in [3.8, 4) is 0 Å². The smallest absolute Gasteiger partial charge is 0.0642 e. The Labute approximate surface area is 108 Å². The molecule has 1 fully saturated rings. The van der Waals surface area contributed by atoms with Gasteiger partial charge in [0, 0.05) is 18.8 Å². The molecule has 2 rings (SSSR count). The lowest BCUT2D eigenvalue weighted by Crippen LogP contribution is -2.36. The van der Waals surface area contributed by atoms with Gasteiger partial charge in [0.25, 0.3) is 0 Å². The number of ether oxygens (including phenoxy) is 1. The lowest BCUT2D eigenvalue weighted by molar-refractivity contribution is 0.122. The molecule has 0 aromatic heterocycles. The molecule has 1 saturated heterocycles. The van der Waals surface area contributed by atoms with Crippen molar-refractivity contribution < 1.29 is 9.84 Å². The number of hydrogen-bond donors (Lipinski definition) is 2. The molecule has 1 unspecified atom stereocenters. The quantitative estimate of drug-likeness (QED) is 0.847. The Balaban J connectivity index is 0.00000144. The summed E-state index contributed by atoms with van der Waals surface area (Å²) in [5.74, 6) is 0. The highest BCUT2D eigenvalue weighted by Crippen LogP contribution is 2.20. The van der Waals surface area contributed by atoms with Crippen LogP contribution >= 0.6 is 12.4 Å². The summed E-state index contributed by atoms with van der Waals surface area (Å²) in [6.07, 6.45) is 0. The van der Waals surface area contributed by atoms with E-state index in [-0.39, 0.29) is 25.1 Å². The Morgan fingerprint density at radius 3 is 2.71 bits per heavy atom. The monoisotopic (exact) mass is 258 g/mol. The van der Waals surface area contributed by atoms with E-state index in [4.69, 9.17) is 15.6 Å². The normalized spacial score (nSPS) is 17.4. The molecular weight excluding hydrogens is 240 g/mol. The molecule has 1 heterocycles. The van der Waals surface area contributed by atoms with Gasteiger partial charge in [-0.1, -0.05) is 12.1 Å². The number of nitrogens with zero attached hydrogens (tertiary/aromatic N) is 1. The first-order valence-corrected chi connectivity index (χ1v) is 5.60. The first-order chi connectivity index (χ1) is 7.81. The van der Waals surface area contributed by atoms with Gasteiger partial charge >= 0.3 is 0 Å². The molecule has 1 aromatic carbocycles. The lowest BCUT2D eigenvalue weighted by atomic mass is 10.1. The van der Waals surface area contributed by atoms with Gasteiger partial charge in [-0.2, -0.15) is 0 Å². The highest BCUT2D eigenvalue weighted by atomic mass is 35.5. The summed E-state index contributed by atoms with van der Waals surface area (Å²) in [6.45, 7) is 3.36. The van der Waals surface area contributed by atoms with Crippen molar-refractivity contribution >= 4 is 18.1 Å². The molecule has 17 heavy (non-hydrogen) atoms. The number of rotatable bonds is 3. The van der Waals surface area contributed by atoms with E-state index in [1.807, 2.05) is 18.2 Å². The summed E-state index contributed by atoms with van der Waals surface area (Å²) < 4.78 is 5.31. The van der Waals surface area contributed by atoms with E-state index in [0.717, 1.165) is 37.6 Å². The van der Waals surface area contributed by atoms with Crippen molar-refractivity contribution in [2.75, 3.05) is 37.8 Å². The number of aliphatic hydroxyl groups excluding tert-OH is 1. The molecule has 1 aliphatic rings. The summed E-state index contributed by atoms with van der Waals surface area (Å²) in [5.41, 5.74) is 7.93. The Bertz CT molecular complexity index is 343. The van der Waals surface area contributed by atoms with Crippen LogP contribution in [0.4, 0.5) is 5.69 Å². The van der Waals surface area contributed by atoms with Gasteiger partial charge in [0.1, 0.15) is 0 Å². The number of anilines is 1. The van der Waals surface area contributed by atoms with Crippen LogP contribution in [0.3, 0.4) is 0 Å². The molecule has 96 valence electrons. The molecule has 4 nitrogen and oxygen atoms in total. The largest absolute Gasteiger partial charge is 0.394 e. The maximum Gasteiger partial charge on any atom is 0.0642 e. The third kappa shape index (κ3) is 3.57. The fourth-order valence-electron chi connectivity index (χ4n) is 1.88. The van der Waals surface area contributed by atoms with Crippen LogP contribution in [0.5, 0.6) is 0 Å². The maximum absolute atomic E-state index is 9.03. The van der Waals surface area contributed by atoms with Gasteiger partial charge < -0.3 is 20.5 Å². The summed E-state index contributed by atoms with van der Waals surface area (Å²) in [7, 11) is 0. The molecule has 0 amide bonds. The van der Waals surface area contributed by atoms with Crippen molar-refractivity contribution in [2.45, 2.75) is 6.04 Å². The fourth-order valence-corrected chi connectivity index (χ4v) is 1.88. The zero-order valence-corrected chi connectivity index (χ0v) is 10.5. The van der Waals surface area contributed by atoms with Crippen LogP contribution in [0.1, 0.15) is 11.6 Å². The van der Waals surface area contributed by atoms with Crippen LogP contribution in [0.25, 0.3) is 0 Å². The average molecular weight is 259 g/mol. The van der Waals surface area contributed by atoms with E-state index in [2.05, 4.69) is 11.0 Å². The lowest BCUT2D eigenvalue weighted by Gasteiger charge is -2.29. The molecule has 1 aliphatic heterocycles. The first-order valence-electron chi connectivity index (χ1n) is 5.60. The van der Waals surface area contributed by atoms with E-state index in [9.17, 15) is 0 Å². The number of aliphatic hydroxyl groups is 1. The van der Waals surface area contributed by atoms with E-state index < -0.39 is 0 Å². The predicted octanol–water partition coefficient (Wildman–Crippen LogP) is 0.937. The molecular formula is C12H19ClN2O2. The van der Waals surface area contributed by atoms with Gasteiger partial charge in [0.2, 0.25) is 0 Å². The van der Waals surface area contributed by atoms with Gasteiger partial charge in [-0.3, -0.25) is 0 Å². The molecule has 1 aromatic rings. The van der Waals surface area contributed by atoms with Crippen molar-refractivity contribution in [1.82, 2.24) is 0 Å². The number of halogens is 1. The van der Waals surface area contributed by atoms with Crippen LogP contribution in [0, 0.1) is 0 Å². The molecule has 0 radical (unpaired) electrons. The Morgan fingerprint density at radius 1 is 1.35 bits per heavy atom. The molecule has 0 saturated carbocycles. The maximum atomic E-state index is 9.03. The van der Waals surface area contributed by atoms with Gasteiger partial charge in [-0.25, -0.2) is 0 Å². The molecule has 0 spiro atoms. The molecule has 0 bridgehead atoms. The fraction of sp³-hybridized carbons (Fsp3) is 0.500. The molecule has 1 atom stereocenters. The highest BCUT2D eigenvalue weighted by molar-refractivity contribution is 5.85. The van der Waals surface area contributed by atoms with Gasteiger partial charge in [0.15, 0.2) is 0 Å². The zero-order chi connectivity index (χ0) is 11.4. The number of nitrogens with two attached hydrogens (primary N) is 1. The van der Waals surface area contributed by atoms with Crippen LogP contribution in [0.2, 0.25) is 0 Å². The highest BCUT2D eigenvalue weighted by Gasteiger charge is 2.12. The van der Waals surface area contributed by atoms with Crippen molar-refractivity contribution in [2.24, 2.45) is 5.73 Å². The second-order valence-corrected chi connectivity index (χ2v) is 3.98. The van der Waals surface area contributed by atoms with Crippen molar-refractivity contribution in [3.05, 3.63) is 29.8 Å². The van der Waals surface area contributed by atoms with E-state index in [1.165, 1.54) is 0 Å². The standard InChI is InChI=1S/C12H18N2O2.ClH/c13-12(9-15)10-2-1-3-11(8-10)14-4-6-16-7-5-14;/h1-3,8,12,15H,4-7,9,13H2;1H. The van der Waals surface area contributed by atoms with Gasteiger partial charge in [-0.05, 0) is 17.7 Å². The minimum absolute atomic E-state index is 0. The minimum Gasteiger partial charge on any atom is -0.394 e. The number of hydrogen-bond acceptors (Lipinski definition) is 4. The number of morpholine rings is 1. The molecule has 5 heteroatoms. The second-order valence-electron chi connectivity index (χ2n) is 3.98. The summed E-state index contributed by atoms with van der Waals surface area (Å²) in [4.78, 5) is 2.27. The summed E-state index contributed by atoms with van der Waals surface area (Å²) in [6, 6.07) is 7.76. The van der Waals surface area contributed by atoms with E-state index >= 15 is 0 Å². The average Bonchev–Trinajstić information content (AvgIpc) is 2.39. The first kappa shape index (κ1) is 14.3. The molecule has 3 N–H and O–H groups in total. The van der Waals surface area contributed by atoms with Crippen molar-refractivity contribution in [3.63, 3.8) is 0 Å². The topological polar surface area (TPSA) is 58.7 Å². The van der Waals surface area contributed by atoms with Crippen LogP contribution in [-0.4, -0.2) is 38.0 Å². The SMILES string of the molecule is Cl.NC(CO)c1cccc(N2CCOCC2)c1. The van der Waals surface area contributed by atoms with E-state index in [1.54, 1.807) is 0 Å². The second kappa shape index (κ2) is 6.81.